The molecule has 4 N–H and O–H groups in total. The maximum Gasteiger partial charge on any atom is 0.224 e. The first-order chi connectivity index (χ1) is 14.5. The van der Waals surface area contributed by atoms with Crippen molar-refractivity contribution >= 4 is 22.5 Å². The van der Waals surface area contributed by atoms with Gasteiger partial charge < -0.3 is 25.5 Å². The van der Waals surface area contributed by atoms with Gasteiger partial charge in [-0.2, -0.15) is 0 Å². The van der Waals surface area contributed by atoms with Gasteiger partial charge in [-0.1, -0.05) is 6.92 Å². The predicted octanol–water partition coefficient (Wildman–Crippen LogP) is 4.46. The van der Waals surface area contributed by atoms with E-state index in [0.29, 0.717) is 18.1 Å². The fraction of sp³-hybridized carbons (Fsp3) is 0.375. The van der Waals surface area contributed by atoms with Gasteiger partial charge in [-0.3, -0.25) is 4.79 Å². The maximum absolute atomic E-state index is 12.1. The Morgan fingerprint density at radius 3 is 2.70 bits per heavy atom. The Balaban J connectivity index is 1.30. The van der Waals surface area contributed by atoms with Gasteiger partial charge >= 0.3 is 0 Å². The summed E-state index contributed by atoms with van der Waals surface area (Å²) in [5.74, 6) is 1.59. The number of methoxy groups -OCH3 is 1. The summed E-state index contributed by atoms with van der Waals surface area (Å²) in [6, 6.07) is 12.8. The number of aromatic hydroxyl groups is 1. The van der Waals surface area contributed by atoms with Crippen molar-refractivity contribution in [3.05, 3.63) is 54.2 Å². The molecule has 0 saturated carbocycles. The Morgan fingerprint density at radius 2 is 1.93 bits per heavy atom. The number of ether oxygens (including phenoxy) is 1. The zero-order valence-corrected chi connectivity index (χ0v) is 17.7. The van der Waals surface area contributed by atoms with Gasteiger partial charge in [0.15, 0.2) is 0 Å². The van der Waals surface area contributed by atoms with Gasteiger partial charge in [0.1, 0.15) is 11.5 Å². The lowest BCUT2D eigenvalue weighted by Gasteiger charge is -2.12. The maximum atomic E-state index is 12.1. The van der Waals surface area contributed by atoms with Crippen LogP contribution in [-0.2, 0) is 11.2 Å². The lowest BCUT2D eigenvalue weighted by atomic mass is 10.0. The molecule has 0 spiro atoms. The molecule has 160 valence electrons. The fourth-order valence-electron chi connectivity index (χ4n) is 3.49. The number of hydrogen-bond acceptors (Lipinski definition) is 4. The van der Waals surface area contributed by atoms with Gasteiger partial charge in [0.2, 0.25) is 5.91 Å². The molecule has 3 rings (SSSR count). The number of nitrogens with one attached hydrogen (secondary N) is 3. The quantitative estimate of drug-likeness (QED) is 0.352. The van der Waals surface area contributed by atoms with Gasteiger partial charge in [0.05, 0.1) is 7.11 Å². The van der Waals surface area contributed by atoms with Crippen molar-refractivity contribution in [1.29, 1.82) is 0 Å². The van der Waals surface area contributed by atoms with E-state index in [2.05, 4.69) is 22.5 Å². The molecule has 0 aliphatic carbocycles. The molecule has 0 bridgehead atoms. The summed E-state index contributed by atoms with van der Waals surface area (Å²) < 4.78 is 5.12. The molecule has 0 saturated heterocycles. The highest BCUT2D eigenvalue weighted by Gasteiger charge is 2.08. The van der Waals surface area contributed by atoms with E-state index >= 15 is 0 Å². The third-order valence-corrected chi connectivity index (χ3v) is 5.37. The average molecular weight is 410 g/mol. The molecule has 0 radical (unpaired) electrons. The summed E-state index contributed by atoms with van der Waals surface area (Å²) in [7, 11) is 1.62. The second-order valence-electron chi connectivity index (χ2n) is 7.75. The van der Waals surface area contributed by atoms with Crippen LogP contribution < -0.4 is 15.4 Å². The second kappa shape index (κ2) is 10.7. The summed E-state index contributed by atoms with van der Waals surface area (Å²) in [5, 5.41) is 17.2. The molecule has 6 heteroatoms. The molecule has 1 heterocycles. The summed E-state index contributed by atoms with van der Waals surface area (Å²) >= 11 is 0. The Kier molecular flexibility index (Phi) is 7.74. The number of phenolic OH excluding ortho intramolecular Hbond substituents is 1. The third-order valence-electron chi connectivity index (χ3n) is 5.37. The van der Waals surface area contributed by atoms with Crippen LogP contribution in [-0.4, -0.2) is 36.2 Å². The zero-order valence-electron chi connectivity index (χ0n) is 17.7. The highest BCUT2D eigenvalue weighted by molar-refractivity contribution is 5.90. The van der Waals surface area contributed by atoms with Crippen molar-refractivity contribution in [3.63, 3.8) is 0 Å². The molecular weight excluding hydrogens is 378 g/mol. The van der Waals surface area contributed by atoms with Crippen molar-refractivity contribution < 1.29 is 14.6 Å². The Bertz CT molecular complexity index is 950. The number of benzene rings is 2. The molecule has 6 nitrogen and oxygen atoms in total. The van der Waals surface area contributed by atoms with E-state index in [0.717, 1.165) is 54.7 Å². The SMILES string of the molecule is COc1ccc(NC(=O)CCC(C)CCNCCc2c[nH]c3ccc(O)cc23)cc1. The smallest absolute Gasteiger partial charge is 0.224 e. The number of H-pyrrole nitrogens is 1. The largest absolute Gasteiger partial charge is 0.508 e. The van der Waals surface area contributed by atoms with Crippen LogP contribution in [0.3, 0.4) is 0 Å². The summed E-state index contributed by atoms with van der Waals surface area (Å²) in [5.41, 5.74) is 3.04. The highest BCUT2D eigenvalue weighted by Crippen LogP contribution is 2.23. The van der Waals surface area contributed by atoms with E-state index in [-0.39, 0.29) is 5.91 Å². The molecule has 3 aromatic rings. The number of hydrogen-bond donors (Lipinski definition) is 4. The third kappa shape index (κ3) is 6.26. The van der Waals surface area contributed by atoms with Crippen molar-refractivity contribution in [2.75, 3.05) is 25.5 Å². The molecule has 1 atom stereocenters. The predicted molar refractivity (Wildman–Crippen MR) is 121 cm³/mol. The van der Waals surface area contributed by atoms with E-state index in [1.165, 1.54) is 5.56 Å². The molecule has 1 amide bonds. The minimum absolute atomic E-state index is 0.0440. The Labute approximate surface area is 177 Å². The van der Waals surface area contributed by atoms with Crippen LogP contribution in [0.25, 0.3) is 10.9 Å². The van der Waals surface area contributed by atoms with Crippen molar-refractivity contribution in [1.82, 2.24) is 10.3 Å². The van der Waals surface area contributed by atoms with E-state index in [1.54, 1.807) is 19.2 Å². The average Bonchev–Trinajstić information content (AvgIpc) is 3.14. The monoisotopic (exact) mass is 409 g/mol. The van der Waals surface area contributed by atoms with Gasteiger partial charge in [-0.25, -0.2) is 0 Å². The lowest BCUT2D eigenvalue weighted by Crippen LogP contribution is -2.21. The summed E-state index contributed by atoms with van der Waals surface area (Å²) in [4.78, 5) is 15.4. The number of carbonyl (C=O) groups excluding carboxylic acids is 1. The van der Waals surface area contributed by atoms with Crippen LogP contribution in [0.5, 0.6) is 11.5 Å². The Morgan fingerprint density at radius 1 is 1.13 bits per heavy atom. The fourth-order valence-corrected chi connectivity index (χ4v) is 3.49. The number of carbonyl (C=O) groups is 1. The topological polar surface area (TPSA) is 86.4 Å². The van der Waals surface area contributed by atoms with Gasteiger partial charge in [0.25, 0.3) is 0 Å². The molecule has 0 aliphatic heterocycles. The number of amides is 1. The van der Waals surface area contributed by atoms with Crippen molar-refractivity contribution in [2.45, 2.75) is 32.6 Å². The molecule has 1 aromatic heterocycles. The van der Waals surface area contributed by atoms with Crippen LogP contribution in [0.1, 0.15) is 31.7 Å². The molecule has 0 fully saturated rings. The molecule has 1 unspecified atom stereocenters. The van der Waals surface area contributed by atoms with Crippen molar-refractivity contribution in [3.8, 4) is 11.5 Å². The van der Waals surface area contributed by atoms with Gasteiger partial charge in [-0.15, -0.1) is 0 Å². The highest BCUT2D eigenvalue weighted by atomic mass is 16.5. The first kappa shape index (κ1) is 21.7. The normalized spacial score (nSPS) is 12.1. The number of phenols is 1. The first-order valence-corrected chi connectivity index (χ1v) is 10.5. The molecule has 0 aliphatic rings. The molecule has 30 heavy (non-hydrogen) atoms. The lowest BCUT2D eigenvalue weighted by molar-refractivity contribution is -0.116. The van der Waals surface area contributed by atoms with Gasteiger partial charge in [-0.05, 0) is 86.3 Å². The van der Waals surface area contributed by atoms with Crippen LogP contribution >= 0.6 is 0 Å². The second-order valence-corrected chi connectivity index (χ2v) is 7.75. The number of aromatic amines is 1. The number of rotatable bonds is 11. The van der Waals surface area contributed by atoms with Crippen molar-refractivity contribution in [2.24, 2.45) is 5.92 Å². The van der Waals surface area contributed by atoms with E-state index < -0.39 is 0 Å². The van der Waals surface area contributed by atoms with Crippen LogP contribution in [0.4, 0.5) is 5.69 Å². The molecule has 2 aromatic carbocycles. The standard InChI is InChI=1S/C24H31N3O3/c1-17(3-10-24(29)27-19-4-7-21(30-2)8-5-19)11-13-25-14-12-18-16-26-23-9-6-20(28)15-22(18)23/h4-9,15-17,25-26,28H,3,10-14H2,1-2H3,(H,27,29). The van der Waals surface area contributed by atoms with E-state index in [1.807, 2.05) is 36.5 Å². The first-order valence-electron chi connectivity index (χ1n) is 10.5. The number of anilines is 1. The minimum atomic E-state index is 0.0440. The van der Waals surface area contributed by atoms with Crippen LogP contribution in [0.15, 0.2) is 48.7 Å². The summed E-state index contributed by atoms with van der Waals surface area (Å²) in [6.45, 7) is 3.99. The zero-order chi connectivity index (χ0) is 21.3. The van der Waals surface area contributed by atoms with Crippen LogP contribution in [0, 0.1) is 5.92 Å². The minimum Gasteiger partial charge on any atom is -0.508 e. The van der Waals surface area contributed by atoms with Gasteiger partial charge in [0, 0.05) is 29.2 Å². The van der Waals surface area contributed by atoms with E-state index in [9.17, 15) is 9.90 Å². The van der Waals surface area contributed by atoms with E-state index in [4.69, 9.17) is 4.74 Å². The number of fused-ring (bicyclic) bond motifs is 1. The summed E-state index contributed by atoms with van der Waals surface area (Å²) in [6.07, 6.45) is 5.33. The number of aromatic nitrogens is 1. The molecular formula is C24H31N3O3. The van der Waals surface area contributed by atoms with Crippen LogP contribution in [0.2, 0.25) is 0 Å². The Hall–Kier alpha value is -2.99.